The monoisotopic (exact) mass is 257 g/mol. The van der Waals surface area contributed by atoms with Crippen LogP contribution in [0.4, 0.5) is 5.69 Å². The zero-order valence-electron chi connectivity index (χ0n) is 10.1. The molecule has 7 heteroatoms. The number of nitrogens with one attached hydrogen (secondary N) is 1. The second-order valence-electron chi connectivity index (χ2n) is 3.82. The van der Waals surface area contributed by atoms with Gasteiger partial charge in [0, 0.05) is 18.0 Å². The van der Waals surface area contributed by atoms with Gasteiger partial charge in [0.25, 0.3) is 5.89 Å². The summed E-state index contributed by atoms with van der Waals surface area (Å²) in [6.07, 6.45) is 3.31. The number of nitrogens with zero attached hydrogens (tertiary/aromatic N) is 3. The Morgan fingerprint density at radius 3 is 2.95 bits per heavy atom. The molecule has 3 aromatic rings. The molecule has 0 aliphatic carbocycles. The van der Waals surface area contributed by atoms with Gasteiger partial charge in [-0.05, 0) is 18.2 Å². The smallest absolute Gasteiger partial charge is 0.258 e. The number of aromatic amines is 1. The van der Waals surface area contributed by atoms with E-state index in [0.717, 1.165) is 5.56 Å². The summed E-state index contributed by atoms with van der Waals surface area (Å²) in [5, 5.41) is 3.86. The summed E-state index contributed by atoms with van der Waals surface area (Å²) in [4.78, 5) is 11.2. The molecule has 0 amide bonds. The van der Waals surface area contributed by atoms with Crippen LogP contribution in [0.1, 0.15) is 0 Å². The minimum Gasteiger partial charge on any atom is -0.495 e. The molecule has 0 aliphatic heterocycles. The van der Waals surface area contributed by atoms with Gasteiger partial charge in [0.1, 0.15) is 5.75 Å². The number of H-pyrrole nitrogens is 1. The lowest BCUT2D eigenvalue weighted by Gasteiger charge is -2.04. The van der Waals surface area contributed by atoms with Crippen molar-refractivity contribution >= 4 is 5.69 Å². The van der Waals surface area contributed by atoms with Crippen LogP contribution >= 0.6 is 0 Å². The summed E-state index contributed by atoms with van der Waals surface area (Å²) >= 11 is 0. The summed E-state index contributed by atoms with van der Waals surface area (Å²) in [6.45, 7) is 0. The van der Waals surface area contributed by atoms with Crippen LogP contribution in [0.5, 0.6) is 5.75 Å². The Labute approximate surface area is 108 Å². The normalized spacial score (nSPS) is 10.6. The van der Waals surface area contributed by atoms with Gasteiger partial charge in [0.05, 0.1) is 12.8 Å². The van der Waals surface area contributed by atoms with Crippen LogP contribution in [0, 0.1) is 0 Å². The molecule has 2 aromatic heterocycles. The third kappa shape index (κ3) is 2.01. The molecule has 0 fully saturated rings. The number of hydrogen-bond acceptors (Lipinski definition) is 6. The zero-order valence-corrected chi connectivity index (χ0v) is 10.1. The number of hydrogen-bond donors (Lipinski definition) is 2. The molecule has 0 aliphatic rings. The van der Waals surface area contributed by atoms with Gasteiger partial charge in [-0.3, -0.25) is 0 Å². The molecule has 7 nitrogen and oxygen atoms in total. The number of nitrogens with two attached hydrogens (primary N) is 1. The van der Waals surface area contributed by atoms with Crippen molar-refractivity contribution in [3.63, 3.8) is 0 Å². The highest BCUT2D eigenvalue weighted by Crippen LogP contribution is 2.28. The largest absolute Gasteiger partial charge is 0.495 e. The van der Waals surface area contributed by atoms with Crippen LogP contribution in [0.25, 0.3) is 23.1 Å². The van der Waals surface area contributed by atoms with Gasteiger partial charge in [-0.15, -0.1) is 0 Å². The van der Waals surface area contributed by atoms with Gasteiger partial charge in [-0.1, -0.05) is 5.16 Å². The quantitative estimate of drug-likeness (QED) is 0.692. The first kappa shape index (κ1) is 11.3. The maximum Gasteiger partial charge on any atom is 0.258 e. The van der Waals surface area contributed by atoms with Crippen molar-refractivity contribution < 1.29 is 9.26 Å². The number of aromatic nitrogens is 4. The molecule has 0 saturated carbocycles. The summed E-state index contributed by atoms with van der Waals surface area (Å²) < 4.78 is 10.3. The van der Waals surface area contributed by atoms with Crippen molar-refractivity contribution in [2.75, 3.05) is 12.8 Å². The van der Waals surface area contributed by atoms with Gasteiger partial charge in [-0.25, -0.2) is 4.98 Å². The van der Waals surface area contributed by atoms with Crippen molar-refractivity contribution in [3.05, 3.63) is 30.6 Å². The molecule has 0 bridgehead atoms. The highest BCUT2D eigenvalue weighted by molar-refractivity contribution is 5.66. The third-order valence-electron chi connectivity index (χ3n) is 2.61. The van der Waals surface area contributed by atoms with Crippen LogP contribution in [-0.2, 0) is 0 Å². The molecule has 0 atom stereocenters. The van der Waals surface area contributed by atoms with Crippen molar-refractivity contribution in [3.8, 4) is 28.9 Å². The molecule has 0 spiro atoms. The highest BCUT2D eigenvalue weighted by atomic mass is 16.5. The molecule has 3 N–H and O–H groups in total. The number of methoxy groups -OCH3 is 1. The van der Waals surface area contributed by atoms with E-state index in [1.54, 1.807) is 37.7 Å². The fourth-order valence-corrected chi connectivity index (χ4v) is 1.69. The standard InChI is InChI=1S/C12H11N5O2/c1-18-9-3-2-7(6-8(9)13)12-16-11(17-19-12)10-14-4-5-15-10/h2-6H,13H2,1H3,(H,14,15). The summed E-state index contributed by atoms with van der Waals surface area (Å²) in [7, 11) is 1.56. The molecule has 1 aromatic carbocycles. The van der Waals surface area contributed by atoms with E-state index in [2.05, 4.69) is 20.1 Å². The molecule has 3 rings (SSSR count). The number of rotatable bonds is 3. The third-order valence-corrected chi connectivity index (χ3v) is 2.61. The summed E-state index contributed by atoms with van der Waals surface area (Å²) in [5.74, 6) is 1.93. The van der Waals surface area contributed by atoms with Gasteiger partial charge in [-0.2, -0.15) is 4.98 Å². The fourth-order valence-electron chi connectivity index (χ4n) is 1.69. The minimum absolute atomic E-state index is 0.376. The van der Waals surface area contributed by atoms with Gasteiger partial charge >= 0.3 is 0 Å². The lowest BCUT2D eigenvalue weighted by molar-refractivity contribution is 0.416. The van der Waals surface area contributed by atoms with Crippen LogP contribution < -0.4 is 10.5 Å². The number of imidazole rings is 1. The van der Waals surface area contributed by atoms with Gasteiger partial charge < -0.3 is 20.0 Å². The molecule has 0 radical (unpaired) electrons. The Morgan fingerprint density at radius 1 is 1.37 bits per heavy atom. The molecular formula is C12H11N5O2. The minimum atomic E-state index is 0.376. The van der Waals surface area contributed by atoms with E-state index >= 15 is 0 Å². The maximum absolute atomic E-state index is 5.84. The zero-order chi connectivity index (χ0) is 13.2. The van der Waals surface area contributed by atoms with Gasteiger partial charge in [0.15, 0.2) is 5.82 Å². The number of benzene rings is 1. The Kier molecular flexibility index (Phi) is 2.64. The second-order valence-corrected chi connectivity index (χ2v) is 3.82. The van der Waals surface area contributed by atoms with E-state index in [1.807, 2.05) is 0 Å². The Bertz CT molecular complexity index is 690. The molecule has 0 unspecified atom stereocenters. The van der Waals surface area contributed by atoms with Crippen LogP contribution in [0.3, 0.4) is 0 Å². The average Bonchev–Trinajstić information content (AvgIpc) is 3.09. The Hall–Kier alpha value is -2.83. The van der Waals surface area contributed by atoms with E-state index in [0.29, 0.717) is 29.0 Å². The number of ether oxygens (including phenoxy) is 1. The maximum atomic E-state index is 5.84. The van der Waals surface area contributed by atoms with E-state index < -0.39 is 0 Å². The van der Waals surface area contributed by atoms with Crippen LogP contribution in [-0.4, -0.2) is 27.2 Å². The van der Waals surface area contributed by atoms with Crippen LogP contribution in [0.2, 0.25) is 0 Å². The predicted molar refractivity (Wildman–Crippen MR) is 68.3 cm³/mol. The predicted octanol–water partition coefficient (Wildman–Crippen LogP) is 1.72. The molecular weight excluding hydrogens is 246 g/mol. The summed E-state index contributed by atoms with van der Waals surface area (Å²) in [6, 6.07) is 5.27. The SMILES string of the molecule is COc1ccc(-c2nc(-c3ncc[nH]3)no2)cc1N. The van der Waals surface area contributed by atoms with E-state index in [1.165, 1.54) is 0 Å². The van der Waals surface area contributed by atoms with Crippen molar-refractivity contribution in [2.45, 2.75) is 0 Å². The van der Waals surface area contributed by atoms with E-state index in [-0.39, 0.29) is 0 Å². The Morgan fingerprint density at radius 2 is 2.26 bits per heavy atom. The molecule has 2 heterocycles. The summed E-state index contributed by atoms with van der Waals surface area (Å²) in [5.41, 5.74) is 7.07. The molecule has 96 valence electrons. The lowest BCUT2D eigenvalue weighted by Crippen LogP contribution is -1.92. The first-order valence-electron chi connectivity index (χ1n) is 5.55. The number of nitrogen functional groups attached to an aromatic ring is 1. The Balaban J connectivity index is 1.97. The second kappa shape index (κ2) is 4.45. The van der Waals surface area contributed by atoms with E-state index in [9.17, 15) is 0 Å². The molecule has 0 saturated heterocycles. The molecule has 19 heavy (non-hydrogen) atoms. The first-order valence-corrected chi connectivity index (χ1v) is 5.55. The lowest BCUT2D eigenvalue weighted by atomic mass is 10.2. The van der Waals surface area contributed by atoms with E-state index in [4.69, 9.17) is 15.0 Å². The number of anilines is 1. The average molecular weight is 257 g/mol. The van der Waals surface area contributed by atoms with Crippen LogP contribution in [0.15, 0.2) is 35.1 Å². The highest BCUT2D eigenvalue weighted by Gasteiger charge is 2.13. The first-order chi connectivity index (χ1) is 9.28. The van der Waals surface area contributed by atoms with Gasteiger partial charge in [0.2, 0.25) is 5.82 Å². The fraction of sp³-hybridized carbons (Fsp3) is 0.0833. The van der Waals surface area contributed by atoms with Crippen molar-refractivity contribution in [2.24, 2.45) is 0 Å². The van der Waals surface area contributed by atoms with Crippen molar-refractivity contribution in [1.82, 2.24) is 20.1 Å². The topological polar surface area (TPSA) is 103 Å². The van der Waals surface area contributed by atoms with Crippen molar-refractivity contribution in [1.29, 1.82) is 0 Å².